The summed E-state index contributed by atoms with van der Waals surface area (Å²) in [6.07, 6.45) is 6.13. The van der Waals surface area contributed by atoms with E-state index in [1.165, 1.54) is 4.90 Å². The van der Waals surface area contributed by atoms with Gasteiger partial charge in [-0.25, -0.2) is 8.78 Å². The quantitative estimate of drug-likeness (QED) is 0.820. The predicted octanol–water partition coefficient (Wildman–Crippen LogP) is 0.906. The molecule has 124 valence electrons. The van der Waals surface area contributed by atoms with Crippen LogP contribution in [-0.4, -0.2) is 55.9 Å². The summed E-state index contributed by atoms with van der Waals surface area (Å²) in [6.45, 7) is 4.08. The minimum Gasteiger partial charge on any atom is -0.372 e. The Bertz CT molecular complexity index is 689. The molecule has 24 heavy (non-hydrogen) atoms. The van der Waals surface area contributed by atoms with Gasteiger partial charge in [0, 0.05) is 32.4 Å². The van der Waals surface area contributed by atoms with Gasteiger partial charge in [0.2, 0.25) is 0 Å². The van der Waals surface area contributed by atoms with Crippen LogP contribution in [0.1, 0.15) is 17.3 Å². The van der Waals surface area contributed by atoms with Crippen LogP contribution >= 0.6 is 0 Å². The summed E-state index contributed by atoms with van der Waals surface area (Å²) in [5, 5.41) is 3.28. The smallest absolute Gasteiger partial charge is 0.259 e. The molecule has 3 rings (SSSR count). The lowest BCUT2D eigenvalue weighted by atomic mass is 9.94. The molecule has 0 aliphatic carbocycles. The first-order valence-electron chi connectivity index (χ1n) is 7.84. The first kappa shape index (κ1) is 16.7. The van der Waals surface area contributed by atoms with E-state index < -0.39 is 23.1 Å². The zero-order valence-electron chi connectivity index (χ0n) is 13.4. The highest BCUT2D eigenvalue weighted by Gasteiger charge is 2.28. The van der Waals surface area contributed by atoms with Crippen molar-refractivity contribution in [2.45, 2.75) is 13.1 Å². The molecule has 7 heteroatoms. The summed E-state index contributed by atoms with van der Waals surface area (Å²) >= 11 is 0. The maximum Gasteiger partial charge on any atom is 0.259 e. The van der Waals surface area contributed by atoms with Crippen LogP contribution < -0.4 is 10.8 Å². The molecule has 2 radical (unpaired) electrons. The Morgan fingerprint density at radius 2 is 1.83 bits per heavy atom. The average molecular weight is 329 g/mol. The van der Waals surface area contributed by atoms with Crippen molar-refractivity contribution in [3.63, 3.8) is 0 Å². The summed E-state index contributed by atoms with van der Waals surface area (Å²) in [6, 6.07) is 1.94. The SMILES string of the molecule is [B]c1cc(F)c(C(=O)N2CCN(C3C=CC(C)=CN3)CC2)c(F)c1. The van der Waals surface area contributed by atoms with Crippen molar-refractivity contribution in [3.05, 3.63) is 53.3 Å². The van der Waals surface area contributed by atoms with Crippen molar-refractivity contribution in [2.24, 2.45) is 0 Å². The first-order chi connectivity index (χ1) is 11.5. The molecule has 1 fully saturated rings. The third-order valence-corrected chi connectivity index (χ3v) is 4.30. The highest BCUT2D eigenvalue weighted by Crippen LogP contribution is 2.16. The molecule has 1 amide bonds. The maximum absolute atomic E-state index is 13.9. The average Bonchev–Trinajstić information content (AvgIpc) is 2.54. The Morgan fingerprint density at radius 3 is 2.38 bits per heavy atom. The van der Waals surface area contributed by atoms with Crippen molar-refractivity contribution in [2.75, 3.05) is 26.2 Å². The number of nitrogens with zero attached hydrogens (tertiary/aromatic N) is 2. The van der Waals surface area contributed by atoms with Crippen molar-refractivity contribution in [1.29, 1.82) is 0 Å². The molecule has 1 aromatic rings. The van der Waals surface area contributed by atoms with E-state index in [2.05, 4.69) is 16.3 Å². The Balaban J connectivity index is 1.65. The summed E-state index contributed by atoms with van der Waals surface area (Å²) in [7, 11) is 5.39. The lowest BCUT2D eigenvalue weighted by molar-refractivity contribution is 0.0579. The van der Waals surface area contributed by atoms with E-state index in [0.29, 0.717) is 26.2 Å². The summed E-state index contributed by atoms with van der Waals surface area (Å²) in [4.78, 5) is 16.1. The van der Waals surface area contributed by atoms with Gasteiger partial charge in [-0.3, -0.25) is 9.69 Å². The van der Waals surface area contributed by atoms with E-state index in [-0.39, 0.29) is 11.6 Å². The highest BCUT2D eigenvalue weighted by atomic mass is 19.1. The molecule has 4 nitrogen and oxygen atoms in total. The third kappa shape index (κ3) is 3.36. The first-order valence-corrected chi connectivity index (χ1v) is 7.84. The molecule has 1 N–H and O–H groups in total. The molecule has 1 unspecified atom stereocenters. The number of carbonyl (C=O) groups excluding carboxylic acids is 1. The number of rotatable bonds is 2. The summed E-state index contributed by atoms with van der Waals surface area (Å²) in [5.74, 6) is -2.47. The van der Waals surface area contributed by atoms with Gasteiger partial charge in [-0.15, -0.1) is 0 Å². The second kappa shape index (κ2) is 6.77. The van der Waals surface area contributed by atoms with Crippen LogP contribution in [-0.2, 0) is 0 Å². The fraction of sp³-hybridized carbons (Fsp3) is 0.353. The van der Waals surface area contributed by atoms with E-state index in [9.17, 15) is 13.6 Å². The van der Waals surface area contributed by atoms with E-state index in [4.69, 9.17) is 7.85 Å². The Labute approximate surface area is 141 Å². The topological polar surface area (TPSA) is 35.6 Å². The van der Waals surface area contributed by atoms with Gasteiger partial charge in [-0.2, -0.15) is 0 Å². The van der Waals surface area contributed by atoms with Crippen molar-refractivity contribution in [1.82, 2.24) is 15.1 Å². The van der Waals surface area contributed by atoms with Crippen LogP contribution in [0.15, 0.2) is 36.1 Å². The fourth-order valence-electron chi connectivity index (χ4n) is 2.95. The molecule has 2 aliphatic rings. The van der Waals surface area contributed by atoms with Crippen molar-refractivity contribution < 1.29 is 13.6 Å². The van der Waals surface area contributed by atoms with Crippen LogP contribution in [0.3, 0.4) is 0 Å². The molecule has 2 aliphatic heterocycles. The molecule has 0 aromatic heterocycles. The normalized spacial score (nSPS) is 21.4. The van der Waals surface area contributed by atoms with Gasteiger partial charge in [-0.1, -0.05) is 11.5 Å². The fourth-order valence-corrected chi connectivity index (χ4v) is 2.95. The molecule has 0 spiro atoms. The number of hydrogen-bond donors (Lipinski definition) is 1. The van der Waals surface area contributed by atoms with Gasteiger partial charge < -0.3 is 10.2 Å². The lowest BCUT2D eigenvalue weighted by Crippen LogP contribution is -2.55. The molecule has 2 heterocycles. The number of hydrogen-bond acceptors (Lipinski definition) is 3. The number of amides is 1. The Hall–Kier alpha value is -2.15. The third-order valence-electron chi connectivity index (χ3n) is 4.30. The molecule has 0 bridgehead atoms. The second-order valence-electron chi connectivity index (χ2n) is 6.05. The number of dihydropyridines is 1. The van der Waals surface area contributed by atoms with E-state index in [1.807, 2.05) is 19.2 Å². The van der Waals surface area contributed by atoms with Crippen molar-refractivity contribution in [3.8, 4) is 0 Å². The monoisotopic (exact) mass is 329 g/mol. The lowest BCUT2D eigenvalue weighted by Gasteiger charge is -2.39. The molecule has 1 saturated heterocycles. The largest absolute Gasteiger partial charge is 0.372 e. The molecule has 1 aromatic carbocycles. The zero-order chi connectivity index (χ0) is 17.3. The van der Waals surface area contributed by atoms with E-state index in [0.717, 1.165) is 17.7 Å². The standard InChI is InChI=1S/C17H18BF2N3O/c1-11-2-3-15(21-10-11)22-4-6-23(7-5-22)17(24)16-13(19)8-12(18)9-14(16)20/h2-3,8-10,15,21H,4-7H2,1H3. The highest BCUT2D eigenvalue weighted by molar-refractivity contribution is 6.32. The molecule has 0 saturated carbocycles. The minimum absolute atomic E-state index is 0.0372. The van der Waals surface area contributed by atoms with Crippen molar-refractivity contribution >= 4 is 19.2 Å². The maximum atomic E-state index is 13.9. The van der Waals surface area contributed by atoms with Gasteiger partial charge in [0.15, 0.2) is 0 Å². The van der Waals surface area contributed by atoms with E-state index in [1.54, 1.807) is 0 Å². The molecular weight excluding hydrogens is 311 g/mol. The van der Waals surface area contributed by atoms with Gasteiger partial charge in [0.05, 0.1) is 6.17 Å². The van der Waals surface area contributed by atoms with Crippen LogP contribution in [0, 0.1) is 11.6 Å². The number of carbonyl (C=O) groups is 1. The zero-order valence-corrected chi connectivity index (χ0v) is 13.4. The predicted molar refractivity (Wildman–Crippen MR) is 89.0 cm³/mol. The number of benzene rings is 1. The van der Waals surface area contributed by atoms with Crippen LogP contribution in [0.5, 0.6) is 0 Å². The van der Waals surface area contributed by atoms with Gasteiger partial charge in [0.1, 0.15) is 25.0 Å². The minimum atomic E-state index is -0.919. The summed E-state index contributed by atoms with van der Waals surface area (Å²) in [5.41, 5.74) is 0.575. The number of allylic oxidation sites excluding steroid dienone is 2. The van der Waals surface area contributed by atoms with Crippen LogP contribution in [0.4, 0.5) is 8.78 Å². The van der Waals surface area contributed by atoms with E-state index >= 15 is 0 Å². The summed E-state index contributed by atoms with van der Waals surface area (Å²) < 4.78 is 27.8. The van der Waals surface area contributed by atoms with Crippen LogP contribution in [0.2, 0.25) is 0 Å². The second-order valence-corrected chi connectivity index (χ2v) is 6.05. The molecular formula is C17H18BF2N3O. The van der Waals surface area contributed by atoms with Gasteiger partial charge in [0.25, 0.3) is 5.91 Å². The molecule has 1 atom stereocenters. The van der Waals surface area contributed by atoms with Gasteiger partial charge >= 0.3 is 0 Å². The Morgan fingerprint density at radius 1 is 1.21 bits per heavy atom. The number of piperazine rings is 1. The van der Waals surface area contributed by atoms with Gasteiger partial charge in [-0.05, 0) is 30.7 Å². The number of nitrogens with one attached hydrogen (secondary N) is 1. The Kier molecular flexibility index (Phi) is 4.71. The number of halogens is 2. The van der Waals surface area contributed by atoms with Crippen LogP contribution in [0.25, 0.3) is 0 Å².